The van der Waals surface area contributed by atoms with E-state index < -0.39 is 0 Å². The Morgan fingerprint density at radius 1 is 1.41 bits per heavy atom. The lowest BCUT2D eigenvalue weighted by Gasteiger charge is -2.07. The fraction of sp³-hybridized carbons (Fsp3) is 0.417. The summed E-state index contributed by atoms with van der Waals surface area (Å²) in [4.78, 5) is 11.5. The van der Waals surface area contributed by atoms with Crippen molar-refractivity contribution in [1.29, 1.82) is 0 Å². The lowest BCUT2D eigenvalue weighted by molar-refractivity contribution is -0.116. The number of nitrogens with two attached hydrogens (primary N) is 1. The van der Waals surface area contributed by atoms with Crippen molar-refractivity contribution in [2.75, 3.05) is 24.3 Å². The first-order chi connectivity index (χ1) is 7.74. The molecule has 0 aliphatic heterocycles. The van der Waals surface area contributed by atoms with Crippen molar-refractivity contribution >= 4 is 29.7 Å². The van der Waals surface area contributed by atoms with E-state index in [4.69, 9.17) is 10.5 Å². The molecule has 96 valence electrons. The fourth-order valence-electron chi connectivity index (χ4n) is 1.30. The number of anilines is 2. The molecule has 0 aliphatic rings. The molecule has 3 N–H and O–H groups in total. The van der Waals surface area contributed by atoms with Crippen LogP contribution in [0.25, 0.3) is 0 Å². The highest BCUT2D eigenvalue weighted by molar-refractivity contribution is 5.93. The van der Waals surface area contributed by atoms with Gasteiger partial charge >= 0.3 is 0 Å². The predicted octanol–water partition coefficient (Wildman–Crippen LogP) is 2.45. The zero-order valence-electron chi connectivity index (χ0n) is 9.94. The van der Waals surface area contributed by atoms with Crippen LogP contribution in [0, 0.1) is 0 Å². The number of hydrogen-bond donors (Lipinski definition) is 2. The van der Waals surface area contributed by atoms with Crippen molar-refractivity contribution in [2.45, 2.75) is 19.8 Å². The highest BCUT2D eigenvalue weighted by atomic mass is 35.5. The van der Waals surface area contributed by atoms with E-state index in [1.807, 2.05) is 19.1 Å². The molecule has 0 atom stereocenters. The van der Waals surface area contributed by atoms with Crippen LogP contribution in [-0.2, 0) is 9.53 Å². The molecule has 0 heterocycles. The molecule has 1 aromatic rings. The van der Waals surface area contributed by atoms with Gasteiger partial charge in [-0.05, 0) is 25.5 Å². The first-order valence-electron chi connectivity index (χ1n) is 5.46. The molecule has 5 heteroatoms. The average Bonchev–Trinajstić information content (AvgIpc) is 2.28. The van der Waals surface area contributed by atoms with Crippen LogP contribution in [-0.4, -0.2) is 19.1 Å². The Morgan fingerprint density at radius 2 is 2.12 bits per heavy atom. The Labute approximate surface area is 108 Å². The lowest BCUT2D eigenvalue weighted by Crippen LogP contribution is -2.13. The summed E-state index contributed by atoms with van der Waals surface area (Å²) in [5.41, 5.74) is 6.96. The summed E-state index contributed by atoms with van der Waals surface area (Å²) in [6.45, 7) is 3.24. The number of ether oxygens (including phenoxy) is 1. The van der Waals surface area contributed by atoms with Gasteiger partial charge in [-0.2, -0.15) is 0 Å². The van der Waals surface area contributed by atoms with Crippen LogP contribution in [0.3, 0.4) is 0 Å². The zero-order valence-corrected chi connectivity index (χ0v) is 10.8. The number of halogens is 1. The molecule has 0 saturated carbocycles. The normalized spacial score (nSPS) is 9.47. The van der Waals surface area contributed by atoms with Crippen LogP contribution in [0.2, 0.25) is 0 Å². The molecule has 1 amide bonds. The van der Waals surface area contributed by atoms with E-state index in [1.165, 1.54) is 0 Å². The third-order valence-corrected chi connectivity index (χ3v) is 2.13. The van der Waals surface area contributed by atoms with E-state index in [0.29, 0.717) is 31.0 Å². The maximum Gasteiger partial charge on any atom is 0.224 e. The monoisotopic (exact) mass is 258 g/mol. The molecule has 4 nitrogen and oxygen atoms in total. The summed E-state index contributed by atoms with van der Waals surface area (Å²) < 4.78 is 5.15. The van der Waals surface area contributed by atoms with Crippen molar-refractivity contribution < 1.29 is 9.53 Å². The van der Waals surface area contributed by atoms with Crippen LogP contribution in [0.15, 0.2) is 24.3 Å². The molecule has 0 radical (unpaired) electrons. The summed E-state index contributed by atoms with van der Waals surface area (Å²) in [5, 5.41) is 2.77. The summed E-state index contributed by atoms with van der Waals surface area (Å²) >= 11 is 0. The van der Waals surface area contributed by atoms with Crippen molar-refractivity contribution in [3.05, 3.63) is 24.3 Å². The zero-order chi connectivity index (χ0) is 11.8. The number of amides is 1. The molecule has 0 unspecified atom stereocenters. The topological polar surface area (TPSA) is 64.3 Å². The van der Waals surface area contributed by atoms with E-state index >= 15 is 0 Å². The second kappa shape index (κ2) is 8.84. The smallest absolute Gasteiger partial charge is 0.224 e. The van der Waals surface area contributed by atoms with Gasteiger partial charge in [0.1, 0.15) is 0 Å². The van der Waals surface area contributed by atoms with Gasteiger partial charge in [0.2, 0.25) is 5.91 Å². The summed E-state index contributed by atoms with van der Waals surface area (Å²) in [6.07, 6.45) is 1.18. The van der Waals surface area contributed by atoms with E-state index in [9.17, 15) is 4.79 Å². The Hall–Kier alpha value is -1.26. The predicted molar refractivity (Wildman–Crippen MR) is 72.5 cm³/mol. The minimum Gasteiger partial charge on any atom is -0.397 e. The van der Waals surface area contributed by atoms with Gasteiger partial charge in [-0.3, -0.25) is 4.79 Å². The van der Waals surface area contributed by atoms with Gasteiger partial charge in [0.05, 0.1) is 11.4 Å². The fourth-order valence-corrected chi connectivity index (χ4v) is 1.30. The molecule has 1 rings (SSSR count). The minimum atomic E-state index is -0.0300. The van der Waals surface area contributed by atoms with Gasteiger partial charge in [-0.25, -0.2) is 0 Å². The number of para-hydroxylation sites is 2. The van der Waals surface area contributed by atoms with Crippen LogP contribution in [0.4, 0.5) is 11.4 Å². The van der Waals surface area contributed by atoms with Crippen LogP contribution in [0.5, 0.6) is 0 Å². The number of carbonyl (C=O) groups is 1. The first-order valence-corrected chi connectivity index (χ1v) is 5.46. The number of carbonyl (C=O) groups excluding carboxylic acids is 1. The molecule has 0 saturated heterocycles. The van der Waals surface area contributed by atoms with Crippen molar-refractivity contribution in [1.82, 2.24) is 0 Å². The molecular formula is C12H19ClN2O2. The van der Waals surface area contributed by atoms with Gasteiger partial charge in [0.15, 0.2) is 0 Å². The van der Waals surface area contributed by atoms with Crippen LogP contribution >= 0.6 is 12.4 Å². The molecule has 0 fully saturated rings. The molecule has 17 heavy (non-hydrogen) atoms. The van der Waals surface area contributed by atoms with Crippen LogP contribution < -0.4 is 11.1 Å². The molecule has 1 aromatic carbocycles. The van der Waals surface area contributed by atoms with Crippen LogP contribution in [0.1, 0.15) is 19.8 Å². The third-order valence-electron chi connectivity index (χ3n) is 2.13. The lowest BCUT2D eigenvalue weighted by atomic mass is 10.2. The van der Waals surface area contributed by atoms with E-state index in [1.54, 1.807) is 12.1 Å². The second-order valence-corrected chi connectivity index (χ2v) is 3.44. The Bertz CT molecular complexity index is 345. The summed E-state index contributed by atoms with van der Waals surface area (Å²) in [6, 6.07) is 7.22. The number of nitrogen functional groups attached to an aromatic ring is 1. The quantitative estimate of drug-likeness (QED) is 0.609. The van der Waals surface area contributed by atoms with Crippen molar-refractivity contribution in [3.63, 3.8) is 0 Å². The highest BCUT2D eigenvalue weighted by Crippen LogP contribution is 2.16. The third kappa shape index (κ3) is 6.14. The van der Waals surface area contributed by atoms with Gasteiger partial charge in [0.25, 0.3) is 0 Å². The largest absolute Gasteiger partial charge is 0.397 e. The molecule has 0 aromatic heterocycles. The standard InChI is InChI=1S/C12H18N2O2.ClH/c1-2-16-9-5-8-12(15)14-11-7-4-3-6-10(11)13;/h3-4,6-7H,2,5,8-9,13H2,1H3,(H,14,15);1H. The molecule has 0 bridgehead atoms. The van der Waals surface area contributed by atoms with E-state index in [-0.39, 0.29) is 18.3 Å². The van der Waals surface area contributed by atoms with Gasteiger partial charge in [0, 0.05) is 19.6 Å². The average molecular weight is 259 g/mol. The Balaban J connectivity index is 0.00000256. The molecular weight excluding hydrogens is 240 g/mol. The minimum absolute atomic E-state index is 0. The summed E-state index contributed by atoms with van der Waals surface area (Å²) in [5.74, 6) is -0.0300. The summed E-state index contributed by atoms with van der Waals surface area (Å²) in [7, 11) is 0. The van der Waals surface area contributed by atoms with Crippen molar-refractivity contribution in [2.24, 2.45) is 0 Å². The number of benzene rings is 1. The van der Waals surface area contributed by atoms with Crippen molar-refractivity contribution in [3.8, 4) is 0 Å². The van der Waals surface area contributed by atoms with Gasteiger partial charge in [-0.1, -0.05) is 12.1 Å². The Kier molecular flexibility index (Phi) is 8.19. The maximum absolute atomic E-state index is 11.5. The second-order valence-electron chi connectivity index (χ2n) is 3.44. The first kappa shape index (κ1) is 15.7. The highest BCUT2D eigenvalue weighted by Gasteiger charge is 2.03. The molecule has 0 spiro atoms. The number of nitrogens with one attached hydrogen (secondary N) is 1. The van der Waals surface area contributed by atoms with E-state index in [2.05, 4.69) is 5.32 Å². The van der Waals surface area contributed by atoms with Gasteiger partial charge in [-0.15, -0.1) is 12.4 Å². The number of hydrogen-bond acceptors (Lipinski definition) is 3. The number of rotatable bonds is 6. The SMILES string of the molecule is CCOCCCC(=O)Nc1ccccc1N.Cl. The van der Waals surface area contributed by atoms with E-state index in [0.717, 1.165) is 6.42 Å². The van der Waals surface area contributed by atoms with Gasteiger partial charge < -0.3 is 15.8 Å². The molecule has 0 aliphatic carbocycles. The Morgan fingerprint density at radius 3 is 2.76 bits per heavy atom. The maximum atomic E-state index is 11.5.